The Bertz CT molecular complexity index is 399. The van der Waals surface area contributed by atoms with Crippen LogP contribution in [-0.2, 0) is 0 Å². The molecule has 1 aromatic rings. The molecule has 1 fully saturated rings. The molecule has 0 spiro atoms. The molecule has 0 bridgehead atoms. The van der Waals surface area contributed by atoms with Crippen molar-refractivity contribution in [2.75, 3.05) is 23.7 Å². The molecule has 0 atom stereocenters. The first kappa shape index (κ1) is 13.1. The van der Waals surface area contributed by atoms with Gasteiger partial charge in [-0.1, -0.05) is 13.8 Å². The molecule has 0 unspecified atom stereocenters. The van der Waals surface area contributed by atoms with Crippen molar-refractivity contribution in [3.8, 4) is 0 Å². The number of rotatable bonds is 7. The van der Waals surface area contributed by atoms with Gasteiger partial charge in [0.15, 0.2) is 0 Å². The van der Waals surface area contributed by atoms with E-state index < -0.39 is 0 Å². The topological polar surface area (TPSA) is 49.8 Å². The molecule has 0 aliphatic heterocycles. The van der Waals surface area contributed by atoms with Gasteiger partial charge in [-0.05, 0) is 38.0 Å². The lowest BCUT2D eigenvalue weighted by molar-refractivity contribution is 0.520. The Morgan fingerprint density at radius 2 is 1.83 bits per heavy atom. The van der Waals surface area contributed by atoms with Crippen LogP contribution in [0.3, 0.4) is 0 Å². The van der Waals surface area contributed by atoms with Crippen molar-refractivity contribution in [1.82, 2.24) is 9.97 Å². The first-order chi connectivity index (χ1) is 8.71. The Balaban J connectivity index is 1.99. The highest BCUT2D eigenvalue weighted by Gasteiger charge is 2.40. The fraction of sp³-hybridized carbons (Fsp3) is 0.714. The third-order valence-corrected chi connectivity index (χ3v) is 3.96. The van der Waals surface area contributed by atoms with E-state index in [0.29, 0.717) is 5.41 Å². The lowest BCUT2D eigenvalue weighted by Gasteiger charge is -2.16. The SMILES string of the molecule is CCCNc1ncnc(NCC2(CC)CC2)c1C. The monoisotopic (exact) mass is 248 g/mol. The van der Waals surface area contributed by atoms with E-state index in [-0.39, 0.29) is 0 Å². The number of aromatic nitrogens is 2. The molecule has 100 valence electrons. The van der Waals surface area contributed by atoms with Gasteiger partial charge >= 0.3 is 0 Å². The molecule has 2 rings (SSSR count). The van der Waals surface area contributed by atoms with Crippen LogP contribution in [0.2, 0.25) is 0 Å². The van der Waals surface area contributed by atoms with Gasteiger partial charge in [-0.15, -0.1) is 0 Å². The molecule has 1 saturated carbocycles. The van der Waals surface area contributed by atoms with Crippen molar-refractivity contribution < 1.29 is 0 Å². The summed E-state index contributed by atoms with van der Waals surface area (Å²) >= 11 is 0. The first-order valence-electron chi connectivity index (χ1n) is 7.00. The Labute approximate surface area is 110 Å². The molecule has 0 radical (unpaired) electrons. The molecule has 2 N–H and O–H groups in total. The molecule has 1 aliphatic rings. The summed E-state index contributed by atoms with van der Waals surface area (Å²) in [5.41, 5.74) is 1.66. The molecule has 1 aromatic heterocycles. The van der Waals surface area contributed by atoms with E-state index in [0.717, 1.165) is 36.7 Å². The Morgan fingerprint density at radius 1 is 1.17 bits per heavy atom. The summed E-state index contributed by atoms with van der Waals surface area (Å²) in [6.45, 7) is 8.49. The quantitative estimate of drug-likeness (QED) is 0.778. The van der Waals surface area contributed by atoms with Crippen LogP contribution in [0.1, 0.15) is 45.1 Å². The summed E-state index contributed by atoms with van der Waals surface area (Å²) in [4.78, 5) is 8.64. The molecule has 0 aromatic carbocycles. The average Bonchev–Trinajstić information content (AvgIpc) is 3.17. The van der Waals surface area contributed by atoms with Gasteiger partial charge in [0.2, 0.25) is 0 Å². The van der Waals surface area contributed by atoms with Crippen molar-refractivity contribution in [3.05, 3.63) is 11.9 Å². The van der Waals surface area contributed by atoms with Gasteiger partial charge in [0, 0.05) is 18.7 Å². The van der Waals surface area contributed by atoms with Crippen molar-refractivity contribution in [2.24, 2.45) is 5.41 Å². The van der Waals surface area contributed by atoms with E-state index in [2.05, 4.69) is 41.4 Å². The van der Waals surface area contributed by atoms with E-state index in [1.54, 1.807) is 6.33 Å². The molecule has 18 heavy (non-hydrogen) atoms. The van der Waals surface area contributed by atoms with E-state index in [4.69, 9.17) is 0 Å². The summed E-state index contributed by atoms with van der Waals surface area (Å²) in [7, 11) is 0. The summed E-state index contributed by atoms with van der Waals surface area (Å²) in [6, 6.07) is 0. The van der Waals surface area contributed by atoms with Crippen LogP contribution in [0.4, 0.5) is 11.6 Å². The van der Waals surface area contributed by atoms with Crippen LogP contribution >= 0.6 is 0 Å². The Morgan fingerprint density at radius 3 is 2.39 bits per heavy atom. The lowest BCUT2D eigenvalue weighted by atomic mass is 10.0. The highest BCUT2D eigenvalue weighted by molar-refractivity contribution is 5.56. The maximum atomic E-state index is 4.35. The molecular weight excluding hydrogens is 224 g/mol. The first-order valence-corrected chi connectivity index (χ1v) is 7.00. The Hall–Kier alpha value is -1.32. The molecule has 1 aliphatic carbocycles. The molecule has 0 saturated heterocycles. The second-order valence-corrected chi connectivity index (χ2v) is 5.33. The minimum atomic E-state index is 0.536. The second kappa shape index (κ2) is 5.55. The van der Waals surface area contributed by atoms with Crippen molar-refractivity contribution in [1.29, 1.82) is 0 Å². The highest BCUT2D eigenvalue weighted by Crippen LogP contribution is 2.48. The van der Waals surface area contributed by atoms with Crippen LogP contribution in [-0.4, -0.2) is 23.1 Å². The van der Waals surface area contributed by atoms with Crippen molar-refractivity contribution in [2.45, 2.75) is 46.5 Å². The molecular formula is C14H24N4. The summed E-state index contributed by atoms with van der Waals surface area (Å²) in [6.07, 6.45) is 6.69. The van der Waals surface area contributed by atoms with E-state index >= 15 is 0 Å². The average molecular weight is 248 g/mol. The Kier molecular flexibility index (Phi) is 4.04. The molecule has 4 nitrogen and oxygen atoms in total. The fourth-order valence-corrected chi connectivity index (χ4v) is 2.15. The number of nitrogens with one attached hydrogen (secondary N) is 2. The van der Waals surface area contributed by atoms with E-state index in [1.807, 2.05) is 0 Å². The zero-order chi connectivity index (χ0) is 13.0. The van der Waals surface area contributed by atoms with Crippen molar-refractivity contribution >= 4 is 11.6 Å². The zero-order valence-corrected chi connectivity index (χ0v) is 11.7. The van der Waals surface area contributed by atoms with Crippen LogP contribution in [0.25, 0.3) is 0 Å². The molecule has 1 heterocycles. The molecule has 0 amide bonds. The minimum absolute atomic E-state index is 0.536. The van der Waals surface area contributed by atoms with Crippen LogP contribution < -0.4 is 10.6 Å². The summed E-state index contributed by atoms with van der Waals surface area (Å²) in [5, 5.41) is 6.83. The van der Waals surface area contributed by atoms with Gasteiger partial charge in [0.1, 0.15) is 18.0 Å². The van der Waals surface area contributed by atoms with Gasteiger partial charge in [0.05, 0.1) is 0 Å². The van der Waals surface area contributed by atoms with Gasteiger partial charge in [-0.25, -0.2) is 9.97 Å². The number of nitrogens with zero attached hydrogens (tertiary/aromatic N) is 2. The van der Waals surface area contributed by atoms with Gasteiger partial charge < -0.3 is 10.6 Å². The lowest BCUT2D eigenvalue weighted by Crippen LogP contribution is -2.16. The maximum Gasteiger partial charge on any atom is 0.134 e. The standard InChI is InChI=1S/C14H24N4/c1-4-8-15-12-11(3)13(18-10-17-12)16-9-14(5-2)6-7-14/h10H,4-9H2,1-3H3,(H2,15,16,17,18). The van der Waals surface area contributed by atoms with Gasteiger partial charge in [0.25, 0.3) is 0 Å². The van der Waals surface area contributed by atoms with Crippen LogP contribution in [0.15, 0.2) is 6.33 Å². The highest BCUT2D eigenvalue weighted by atomic mass is 15.1. The van der Waals surface area contributed by atoms with Crippen LogP contribution in [0, 0.1) is 12.3 Å². The van der Waals surface area contributed by atoms with Gasteiger partial charge in [-0.2, -0.15) is 0 Å². The maximum absolute atomic E-state index is 4.35. The number of anilines is 2. The number of hydrogen-bond acceptors (Lipinski definition) is 4. The molecule has 4 heteroatoms. The van der Waals surface area contributed by atoms with E-state index in [1.165, 1.54) is 19.3 Å². The second-order valence-electron chi connectivity index (χ2n) is 5.33. The van der Waals surface area contributed by atoms with Gasteiger partial charge in [-0.3, -0.25) is 0 Å². The zero-order valence-electron chi connectivity index (χ0n) is 11.7. The predicted molar refractivity (Wildman–Crippen MR) is 76.0 cm³/mol. The number of hydrogen-bond donors (Lipinski definition) is 2. The van der Waals surface area contributed by atoms with Crippen molar-refractivity contribution in [3.63, 3.8) is 0 Å². The summed E-state index contributed by atoms with van der Waals surface area (Å²) < 4.78 is 0. The third-order valence-electron chi connectivity index (χ3n) is 3.96. The largest absolute Gasteiger partial charge is 0.370 e. The van der Waals surface area contributed by atoms with Crippen LogP contribution in [0.5, 0.6) is 0 Å². The third kappa shape index (κ3) is 2.92. The predicted octanol–water partition coefficient (Wildman–Crippen LogP) is 3.21. The summed E-state index contributed by atoms with van der Waals surface area (Å²) in [5.74, 6) is 1.93. The smallest absolute Gasteiger partial charge is 0.134 e. The normalized spacial score (nSPS) is 16.4. The fourth-order valence-electron chi connectivity index (χ4n) is 2.15. The minimum Gasteiger partial charge on any atom is -0.370 e. The van der Waals surface area contributed by atoms with E-state index in [9.17, 15) is 0 Å².